The Morgan fingerprint density at radius 3 is 2.57 bits per heavy atom. The van der Waals surface area contributed by atoms with Crippen LogP contribution in [0.2, 0.25) is 0 Å². The van der Waals surface area contributed by atoms with E-state index in [1.54, 1.807) is 18.2 Å². The molecule has 2 aromatic carbocycles. The van der Waals surface area contributed by atoms with Crippen LogP contribution in [0.15, 0.2) is 42.5 Å². The molecule has 1 fully saturated rings. The van der Waals surface area contributed by atoms with Gasteiger partial charge in [0.05, 0.1) is 12.5 Å². The topological polar surface area (TPSA) is 87.0 Å². The summed E-state index contributed by atoms with van der Waals surface area (Å²) in [5.74, 6) is -0.351. The lowest BCUT2D eigenvalue weighted by Gasteiger charge is -2.16. The van der Waals surface area contributed by atoms with Crippen molar-refractivity contribution >= 4 is 5.97 Å². The van der Waals surface area contributed by atoms with E-state index in [0.29, 0.717) is 18.4 Å². The summed E-state index contributed by atoms with van der Waals surface area (Å²) in [6.07, 6.45) is 0.910. The Bertz CT molecular complexity index is 725. The summed E-state index contributed by atoms with van der Waals surface area (Å²) in [6.45, 7) is 0.289. The summed E-state index contributed by atoms with van der Waals surface area (Å²) in [5, 5.41) is 29.0. The van der Waals surface area contributed by atoms with Crippen LogP contribution in [0.3, 0.4) is 0 Å². The van der Waals surface area contributed by atoms with E-state index >= 15 is 0 Å². The van der Waals surface area contributed by atoms with Gasteiger partial charge in [-0.1, -0.05) is 12.1 Å². The summed E-state index contributed by atoms with van der Waals surface area (Å²) in [6, 6.07) is 11.2. The van der Waals surface area contributed by atoms with Crippen molar-refractivity contribution in [3.05, 3.63) is 53.6 Å². The van der Waals surface area contributed by atoms with Gasteiger partial charge in [-0.25, -0.2) is 0 Å². The van der Waals surface area contributed by atoms with E-state index in [9.17, 15) is 20.1 Å². The van der Waals surface area contributed by atoms with Crippen LogP contribution < -0.4 is 0 Å². The van der Waals surface area contributed by atoms with E-state index in [0.717, 1.165) is 5.56 Å². The van der Waals surface area contributed by atoms with Crippen molar-refractivity contribution in [3.63, 3.8) is 0 Å². The van der Waals surface area contributed by atoms with Gasteiger partial charge >= 0.3 is 5.97 Å². The molecule has 0 amide bonds. The third kappa shape index (κ3) is 3.39. The zero-order chi connectivity index (χ0) is 16.4. The number of esters is 1. The van der Waals surface area contributed by atoms with Crippen LogP contribution in [-0.2, 0) is 22.4 Å². The molecule has 3 N–H and O–H groups in total. The molecule has 0 aliphatic carbocycles. The van der Waals surface area contributed by atoms with Gasteiger partial charge in [0.15, 0.2) is 0 Å². The molecule has 1 heterocycles. The van der Waals surface area contributed by atoms with E-state index in [1.807, 2.05) is 6.07 Å². The lowest BCUT2D eigenvalue weighted by Crippen LogP contribution is -2.20. The molecule has 5 nitrogen and oxygen atoms in total. The largest absolute Gasteiger partial charge is 0.508 e. The monoisotopic (exact) mass is 314 g/mol. The molecule has 120 valence electrons. The zero-order valence-electron chi connectivity index (χ0n) is 12.5. The van der Waals surface area contributed by atoms with E-state index < -0.39 is 0 Å². The first-order chi connectivity index (χ1) is 11.0. The first-order valence-electron chi connectivity index (χ1n) is 7.48. The highest BCUT2D eigenvalue weighted by molar-refractivity contribution is 5.75. The van der Waals surface area contributed by atoms with Crippen LogP contribution in [0.4, 0.5) is 0 Å². The number of phenolic OH excluding ortho intramolecular Hbond substituents is 3. The number of carbonyl (C=O) groups is 1. The second kappa shape index (κ2) is 6.20. The highest BCUT2D eigenvalue weighted by atomic mass is 16.5. The number of ether oxygens (including phenoxy) is 1. The SMILES string of the molecule is O=C1OCC(Cc2cc(O)ccc2O)C1Cc1cccc(O)c1. The minimum Gasteiger partial charge on any atom is -0.508 e. The van der Waals surface area contributed by atoms with Gasteiger partial charge in [-0.05, 0) is 54.3 Å². The van der Waals surface area contributed by atoms with Crippen molar-refractivity contribution in [1.82, 2.24) is 0 Å². The standard InChI is InChI=1S/C18H18O5/c19-14-3-1-2-11(6-14)7-16-13(10-23-18(16)22)8-12-9-15(20)4-5-17(12)21/h1-6,9,13,16,19-21H,7-8,10H2. The predicted octanol–water partition coefficient (Wildman–Crippen LogP) is 2.38. The van der Waals surface area contributed by atoms with Gasteiger partial charge in [-0.2, -0.15) is 0 Å². The molecule has 3 rings (SSSR count). The summed E-state index contributed by atoms with van der Waals surface area (Å²) < 4.78 is 5.18. The fourth-order valence-corrected chi connectivity index (χ4v) is 3.01. The van der Waals surface area contributed by atoms with Gasteiger partial charge in [0, 0.05) is 5.92 Å². The average Bonchev–Trinajstić information content (AvgIpc) is 2.84. The summed E-state index contributed by atoms with van der Waals surface area (Å²) in [7, 11) is 0. The molecule has 0 spiro atoms. The molecule has 2 unspecified atom stereocenters. The molecule has 0 saturated carbocycles. The van der Waals surface area contributed by atoms with Crippen molar-refractivity contribution in [1.29, 1.82) is 0 Å². The van der Waals surface area contributed by atoms with Crippen LogP contribution >= 0.6 is 0 Å². The van der Waals surface area contributed by atoms with E-state index in [4.69, 9.17) is 4.74 Å². The molecule has 2 atom stereocenters. The number of aromatic hydroxyl groups is 3. The molecule has 1 saturated heterocycles. The Morgan fingerprint density at radius 1 is 1.00 bits per heavy atom. The lowest BCUT2D eigenvalue weighted by atomic mass is 9.85. The number of phenols is 3. The molecule has 23 heavy (non-hydrogen) atoms. The lowest BCUT2D eigenvalue weighted by molar-refractivity contribution is -0.141. The second-order valence-corrected chi connectivity index (χ2v) is 5.89. The molecule has 2 aromatic rings. The highest BCUT2D eigenvalue weighted by Crippen LogP contribution is 2.33. The Labute approximate surface area is 133 Å². The maximum Gasteiger partial charge on any atom is 0.309 e. The normalized spacial score (nSPS) is 20.4. The van der Waals surface area contributed by atoms with Gasteiger partial charge in [-0.15, -0.1) is 0 Å². The fourth-order valence-electron chi connectivity index (χ4n) is 3.01. The molecular weight excluding hydrogens is 296 g/mol. The van der Waals surface area contributed by atoms with Gasteiger partial charge in [0.25, 0.3) is 0 Å². The number of benzene rings is 2. The number of hydrogen-bond acceptors (Lipinski definition) is 5. The Kier molecular flexibility index (Phi) is 4.10. The minimum absolute atomic E-state index is 0.0765. The van der Waals surface area contributed by atoms with Gasteiger partial charge in [0.2, 0.25) is 0 Å². The second-order valence-electron chi connectivity index (χ2n) is 5.89. The number of hydrogen-bond donors (Lipinski definition) is 3. The summed E-state index contributed by atoms with van der Waals surface area (Å²) in [5.41, 5.74) is 1.45. The maximum atomic E-state index is 12.0. The van der Waals surface area contributed by atoms with E-state index in [2.05, 4.69) is 0 Å². The molecule has 0 aromatic heterocycles. The molecule has 1 aliphatic heterocycles. The van der Waals surface area contributed by atoms with Crippen molar-refractivity contribution in [3.8, 4) is 17.2 Å². The third-order valence-corrected chi connectivity index (χ3v) is 4.22. The summed E-state index contributed by atoms with van der Waals surface area (Å²) >= 11 is 0. The van der Waals surface area contributed by atoms with Crippen molar-refractivity contribution in [2.45, 2.75) is 12.8 Å². The molecule has 0 bridgehead atoms. The molecule has 1 aliphatic rings. The van der Waals surface area contributed by atoms with Gasteiger partial charge in [-0.3, -0.25) is 4.79 Å². The first-order valence-corrected chi connectivity index (χ1v) is 7.48. The van der Waals surface area contributed by atoms with Gasteiger partial charge in [0.1, 0.15) is 17.2 Å². The number of rotatable bonds is 4. The van der Waals surface area contributed by atoms with Crippen molar-refractivity contribution in [2.75, 3.05) is 6.61 Å². The van der Waals surface area contributed by atoms with Crippen LogP contribution in [0.5, 0.6) is 17.2 Å². The Balaban J connectivity index is 1.78. The van der Waals surface area contributed by atoms with Crippen LogP contribution in [0.25, 0.3) is 0 Å². The van der Waals surface area contributed by atoms with Gasteiger partial charge < -0.3 is 20.1 Å². The molecular formula is C18H18O5. The first kappa shape index (κ1) is 15.2. The van der Waals surface area contributed by atoms with E-state index in [1.165, 1.54) is 18.2 Å². The van der Waals surface area contributed by atoms with Crippen molar-refractivity contribution in [2.24, 2.45) is 11.8 Å². The molecule has 0 radical (unpaired) electrons. The molecule has 5 heteroatoms. The van der Waals surface area contributed by atoms with Crippen LogP contribution in [0.1, 0.15) is 11.1 Å². The number of carbonyl (C=O) groups excluding carboxylic acids is 1. The average molecular weight is 314 g/mol. The predicted molar refractivity (Wildman–Crippen MR) is 83.2 cm³/mol. The highest BCUT2D eigenvalue weighted by Gasteiger charge is 2.37. The fraction of sp³-hybridized carbons (Fsp3) is 0.278. The smallest absolute Gasteiger partial charge is 0.309 e. The third-order valence-electron chi connectivity index (χ3n) is 4.22. The van der Waals surface area contributed by atoms with Crippen LogP contribution in [0, 0.1) is 11.8 Å². The number of cyclic esters (lactones) is 1. The summed E-state index contributed by atoms with van der Waals surface area (Å²) in [4.78, 5) is 12.0. The Hall–Kier alpha value is -2.69. The Morgan fingerprint density at radius 2 is 1.78 bits per heavy atom. The maximum absolute atomic E-state index is 12.0. The zero-order valence-corrected chi connectivity index (χ0v) is 12.5. The van der Waals surface area contributed by atoms with Crippen molar-refractivity contribution < 1.29 is 24.9 Å². The minimum atomic E-state index is -0.335. The quantitative estimate of drug-likeness (QED) is 0.596. The van der Waals surface area contributed by atoms with Crippen LogP contribution in [-0.4, -0.2) is 27.9 Å². The van der Waals surface area contributed by atoms with E-state index in [-0.39, 0.29) is 41.7 Å².